The highest BCUT2D eigenvalue weighted by Gasteiger charge is 2.43. The SMILES string of the molecule is Cc1cc(C)cc(-c2[nH]c3sc(C(C)(C)C(=O)N4CC5CCC4CC5)cc3c2CCNCCCCc2ccncc2)c1. The number of nitrogens with one attached hydrogen (secondary N) is 2. The zero-order chi connectivity index (χ0) is 29.3. The number of benzene rings is 1. The summed E-state index contributed by atoms with van der Waals surface area (Å²) in [7, 11) is 0. The summed E-state index contributed by atoms with van der Waals surface area (Å²) in [4.78, 5) is 26.5. The van der Waals surface area contributed by atoms with Crippen LogP contribution in [0.5, 0.6) is 0 Å². The fourth-order valence-electron chi connectivity index (χ4n) is 7.21. The van der Waals surface area contributed by atoms with Crippen molar-refractivity contribution in [1.82, 2.24) is 20.2 Å². The van der Waals surface area contributed by atoms with Crippen LogP contribution in [-0.4, -0.2) is 46.5 Å². The lowest BCUT2D eigenvalue weighted by Crippen LogP contribution is -2.55. The molecule has 1 amide bonds. The lowest BCUT2D eigenvalue weighted by Gasteiger charge is -2.47. The predicted molar refractivity (Wildman–Crippen MR) is 175 cm³/mol. The number of aryl methyl sites for hydroxylation is 3. The van der Waals surface area contributed by atoms with Crippen LogP contribution in [-0.2, 0) is 23.1 Å². The second kappa shape index (κ2) is 12.3. The summed E-state index contributed by atoms with van der Waals surface area (Å²) >= 11 is 1.77. The number of carbonyl (C=O) groups excluding carboxylic acids is 1. The van der Waals surface area contributed by atoms with Gasteiger partial charge in [-0.3, -0.25) is 9.78 Å². The van der Waals surface area contributed by atoms with Crippen LogP contribution in [0.25, 0.3) is 21.5 Å². The van der Waals surface area contributed by atoms with E-state index in [9.17, 15) is 4.79 Å². The zero-order valence-corrected chi connectivity index (χ0v) is 26.6. The number of amides is 1. The number of pyridine rings is 1. The van der Waals surface area contributed by atoms with E-state index in [1.807, 2.05) is 12.4 Å². The van der Waals surface area contributed by atoms with Crippen LogP contribution in [0.1, 0.15) is 79.5 Å². The van der Waals surface area contributed by atoms with Gasteiger partial charge in [0.05, 0.1) is 11.1 Å². The zero-order valence-electron chi connectivity index (χ0n) is 25.8. The lowest BCUT2D eigenvalue weighted by molar-refractivity contribution is -0.143. The molecular weight excluding hydrogens is 536 g/mol. The summed E-state index contributed by atoms with van der Waals surface area (Å²) in [6.07, 6.45) is 13.1. The van der Waals surface area contributed by atoms with Gasteiger partial charge in [0.25, 0.3) is 0 Å². The van der Waals surface area contributed by atoms with Gasteiger partial charge in [-0.05, 0) is 145 Å². The number of fused-ring (bicyclic) bond motifs is 4. The average Bonchev–Trinajstić information content (AvgIpc) is 3.56. The minimum Gasteiger partial charge on any atom is -0.346 e. The monoisotopic (exact) mass is 582 g/mol. The van der Waals surface area contributed by atoms with Gasteiger partial charge in [0.1, 0.15) is 4.83 Å². The van der Waals surface area contributed by atoms with E-state index in [0.29, 0.717) is 17.9 Å². The Morgan fingerprint density at radius 1 is 1.00 bits per heavy atom. The average molecular weight is 583 g/mol. The molecule has 1 aliphatic carbocycles. The summed E-state index contributed by atoms with van der Waals surface area (Å²) in [6, 6.07) is 13.8. The topological polar surface area (TPSA) is 61.0 Å². The fourth-order valence-corrected chi connectivity index (χ4v) is 8.40. The third-order valence-electron chi connectivity index (χ3n) is 9.60. The maximum absolute atomic E-state index is 14.0. The number of piperidine rings is 2. The number of unbranched alkanes of at least 4 members (excludes halogenated alkanes) is 1. The molecule has 3 aromatic heterocycles. The molecular formula is C36H46N4OS. The summed E-state index contributed by atoms with van der Waals surface area (Å²) in [5, 5.41) is 4.99. The van der Waals surface area contributed by atoms with Crippen LogP contribution >= 0.6 is 11.3 Å². The summed E-state index contributed by atoms with van der Waals surface area (Å²) in [6.45, 7) is 11.5. The summed E-state index contributed by atoms with van der Waals surface area (Å²) < 4.78 is 0. The first-order chi connectivity index (χ1) is 20.3. The minimum absolute atomic E-state index is 0.310. The molecule has 0 radical (unpaired) electrons. The Morgan fingerprint density at radius 2 is 1.74 bits per heavy atom. The molecule has 7 rings (SSSR count). The van der Waals surface area contributed by atoms with Crippen molar-refractivity contribution in [2.24, 2.45) is 5.92 Å². The van der Waals surface area contributed by atoms with E-state index in [0.717, 1.165) is 38.9 Å². The molecule has 2 bridgehead atoms. The smallest absolute Gasteiger partial charge is 0.233 e. The van der Waals surface area contributed by atoms with E-state index in [1.165, 1.54) is 80.7 Å². The van der Waals surface area contributed by atoms with Crippen LogP contribution in [0, 0.1) is 19.8 Å². The van der Waals surface area contributed by atoms with Crippen LogP contribution < -0.4 is 5.32 Å². The number of hydrogen-bond acceptors (Lipinski definition) is 4. The Balaban J connectivity index is 1.19. The molecule has 1 aromatic carbocycles. The van der Waals surface area contributed by atoms with Crippen LogP contribution in [0.2, 0.25) is 0 Å². The molecule has 2 aliphatic heterocycles. The molecule has 5 nitrogen and oxygen atoms in total. The predicted octanol–water partition coefficient (Wildman–Crippen LogP) is 7.74. The summed E-state index contributed by atoms with van der Waals surface area (Å²) in [5.41, 5.74) is 7.25. The molecule has 2 N–H and O–H groups in total. The quantitative estimate of drug-likeness (QED) is 0.178. The van der Waals surface area contributed by atoms with E-state index in [-0.39, 0.29) is 0 Å². The molecule has 3 fully saturated rings. The van der Waals surface area contributed by atoms with Gasteiger partial charge in [0.15, 0.2) is 0 Å². The van der Waals surface area contributed by atoms with Crippen molar-refractivity contribution in [2.45, 2.75) is 90.5 Å². The van der Waals surface area contributed by atoms with E-state index in [2.05, 4.69) is 84.3 Å². The van der Waals surface area contributed by atoms with Crippen LogP contribution in [0.4, 0.5) is 0 Å². The maximum atomic E-state index is 14.0. The van der Waals surface area contributed by atoms with Gasteiger partial charge in [0.2, 0.25) is 5.91 Å². The highest BCUT2D eigenvalue weighted by atomic mass is 32.1. The molecule has 42 heavy (non-hydrogen) atoms. The number of nitrogens with zero attached hydrogens (tertiary/aromatic N) is 2. The van der Waals surface area contributed by atoms with Crippen molar-refractivity contribution in [1.29, 1.82) is 0 Å². The van der Waals surface area contributed by atoms with Crippen molar-refractivity contribution in [3.8, 4) is 11.3 Å². The first-order valence-corrected chi connectivity index (χ1v) is 16.8. The van der Waals surface area contributed by atoms with Crippen molar-refractivity contribution < 1.29 is 4.79 Å². The van der Waals surface area contributed by atoms with Crippen molar-refractivity contribution in [3.63, 3.8) is 0 Å². The van der Waals surface area contributed by atoms with Crippen LogP contribution in [0.3, 0.4) is 0 Å². The number of hydrogen-bond donors (Lipinski definition) is 2. The van der Waals surface area contributed by atoms with Gasteiger partial charge in [0, 0.05) is 35.2 Å². The van der Waals surface area contributed by atoms with Gasteiger partial charge in [-0.2, -0.15) is 0 Å². The second-order valence-corrected chi connectivity index (χ2v) is 14.3. The van der Waals surface area contributed by atoms with Gasteiger partial charge in [-0.15, -0.1) is 11.3 Å². The Morgan fingerprint density at radius 3 is 2.43 bits per heavy atom. The van der Waals surface area contributed by atoms with Crippen molar-refractivity contribution in [2.75, 3.05) is 19.6 Å². The molecule has 3 aliphatic rings. The summed E-state index contributed by atoms with van der Waals surface area (Å²) in [5.74, 6) is 1.01. The Bertz CT molecular complexity index is 1510. The number of aromatic nitrogens is 2. The third-order valence-corrected chi connectivity index (χ3v) is 11.0. The highest BCUT2D eigenvalue weighted by molar-refractivity contribution is 7.19. The second-order valence-electron chi connectivity index (χ2n) is 13.3. The van der Waals surface area contributed by atoms with Gasteiger partial charge < -0.3 is 15.2 Å². The fraction of sp³-hybridized carbons (Fsp3) is 0.500. The number of carbonyl (C=O) groups is 1. The molecule has 222 valence electrons. The number of H-pyrrole nitrogens is 1. The largest absolute Gasteiger partial charge is 0.346 e. The molecule has 0 unspecified atom stereocenters. The molecule has 5 heterocycles. The molecule has 1 saturated carbocycles. The van der Waals surface area contributed by atoms with Crippen molar-refractivity contribution >= 4 is 27.5 Å². The number of aromatic amines is 1. The first-order valence-electron chi connectivity index (χ1n) is 15.9. The molecule has 4 aromatic rings. The first kappa shape index (κ1) is 29.1. The molecule has 2 saturated heterocycles. The van der Waals surface area contributed by atoms with Gasteiger partial charge in [-0.1, -0.05) is 17.2 Å². The molecule has 6 heteroatoms. The van der Waals surface area contributed by atoms with E-state index in [1.54, 1.807) is 11.3 Å². The third kappa shape index (κ3) is 6.07. The normalized spacial score (nSPS) is 18.7. The van der Waals surface area contributed by atoms with Gasteiger partial charge >= 0.3 is 0 Å². The highest BCUT2D eigenvalue weighted by Crippen LogP contribution is 2.43. The molecule has 0 spiro atoms. The van der Waals surface area contributed by atoms with Crippen LogP contribution in [0.15, 0.2) is 48.8 Å². The van der Waals surface area contributed by atoms with Crippen molar-refractivity contribution in [3.05, 3.63) is 75.9 Å². The standard InChI is InChI=1S/C36H46N4OS/c1-24-19-25(2)21-28(20-24)33-30(14-18-37-15-6-5-7-26-12-16-38-17-13-26)31-22-32(42-34(31)39-33)36(3,4)35(41)40-23-27-8-10-29(40)11-9-27/h12-13,16-17,19-22,27,29,37,39H,5-11,14-15,18,23H2,1-4H3. The Kier molecular flexibility index (Phi) is 8.56. The molecule has 0 atom stereocenters. The maximum Gasteiger partial charge on any atom is 0.233 e. The van der Waals surface area contributed by atoms with E-state index >= 15 is 0 Å². The minimum atomic E-state index is -0.521. The number of thiophene rings is 1. The number of rotatable bonds is 11. The van der Waals surface area contributed by atoms with E-state index < -0.39 is 5.41 Å². The lowest BCUT2D eigenvalue weighted by atomic mass is 9.78. The van der Waals surface area contributed by atoms with Gasteiger partial charge in [-0.25, -0.2) is 0 Å². The Hall–Kier alpha value is -2.96. The van der Waals surface area contributed by atoms with E-state index in [4.69, 9.17) is 0 Å². The Labute approximate surface area is 255 Å².